The zero-order chi connectivity index (χ0) is 14.5. The quantitative estimate of drug-likeness (QED) is 0.811. The number of hydrogen-bond acceptors (Lipinski definition) is 3. The number of nitrogens with zero attached hydrogens (tertiary/aromatic N) is 1. The van der Waals surface area contributed by atoms with Crippen molar-refractivity contribution in [2.45, 2.75) is 32.4 Å². The molecule has 0 saturated carbocycles. The molecule has 0 amide bonds. The largest absolute Gasteiger partial charge is 0.401 e. The zero-order valence-electron chi connectivity index (χ0n) is 11.4. The number of pyridine rings is 1. The molecular formula is C13H20F3N3. The molecule has 1 rings (SSSR count). The van der Waals surface area contributed by atoms with Gasteiger partial charge in [-0.3, -0.25) is 0 Å². The summed E-state index contributed by atoms with van der Waals surface area (Å²) < 4.78 is 35.7. The number of halogens is 3. The van der Waals surface area contributed by atoms with E-state index >= 15 is 0 Å². The zero-order valence-corrected chi connectivity index (χ0v) is 11.4. The average Bonchev–Trinajstić information content (AvgIpc) is 2.26. The Labute approximate surface area is 111 Å². The topological polar surface area (TPSA) is 37.0 Å². The fraction of sp³-hybridized carbons (Fsp3) is 0.615. The van der Waals surface area contributed by atoms with E-state index in [2.05, 4.69) is 36.4 Å². The van der Waals surface area contributed by atoms with E-state index < -0.39 is 12.7 Å². The highest BCUT2D eigenvalue weighted by molar-refractivity contribution is 5.39. The summed E-state index contributed by atoms with van der Waals surface area (Å²) in [6.07, 6.45) is -2.46. The Morgan fingerprint density at radius 1 is 1.16 bits per heavy atom. The van der Waals surface area contributed by atoms with E-state index in [1.54, 1.807) is 6.20 Å². The van der Waals surface area contributed by atoms with Crippen molar-refractivity contribution >= 4 is 5.82 Å². The molecule has 19 heavy (non-hydrogen) atoms. The number of aromatic nitrogens is 1. The molecule has 6 heteroatoms. The number of alkyl halides is 3. The third kappa shape index (κ3) is 6.42. The van der Waals surface area contributed by atoms with Gasteiger partial charge in [0.1, 0.15) is 5.82 Å². The van der Waals surface area contributed by atoms with Gasteiger partial charge in [0.25, 0.3) is 0 Å². The smallest absolute Gasteiger partial charge is 0.369 e. The van der Waals surface area contributed by atoms with Crippen molar-refractivity contribution in [3.05, 3.63) is 23.9 Å². The summed E-state index contributed by atoms with van der Waals surface area (Å²) in [5.74, 6) is 0.682. The highest BCUT2D eigenvalue weighted by Gasteiger charge is 2.25. The van der Waals surface area contributed by atoms with Gasteiger partial charge in [-0.05, 0) is 23.1 Å². The molecule has 0 fully saturated rings. The van der Waals surface area contributed by atoms with Crippen LogP contribution < -0.4 is 10.6 Å². The second-order valence-electron chi connectivity index (χ2n) is 5.40. The first-order valence-corrected chi connectivity index (χ1v) is 6.16. The Balaban J connectivity index is 2.38. The van der Waals surface area contributed by atoms with Crippen LogP contribution in [0.2, 0.25) is 0 Å². The first kappa shape index (κ1) is 15.8. The molecule has 1 aromatic heterocycles. The van der Waals surface area contributed by atoms with Gasteiger partial charge < -0.3 is 10.6 Å². The molecular weight excluding hydrogens is 255 g/mol. The Bertz CT molecular complexity index is 397. The summed E-state index contributed by atoms with van der Waals surface area (Å²) in [6, 6.07) is 3.86. The van der Waals surface area contributed by atoms with Gasteiger partial charge in [-0.15, -0.1) is 0 Å². The molecule has 0 unspecified atom stereocenters. The Hall–Kier alpha value is -1.30. The van der Waals surface area contributed by atoms with Gasteiger partial charge in [-0.25, -0.2) is 4.98 Å². The Morgan fingerprint density at radius 2 is 1.84 bits per heavy atom. The Morgan fingerprint density at radius 3 is 2.42 bits per heavy atom. The predicted octanol–water partition coefficient (Wildman–Crippen LogP) is 2.94. The minimum Gasteiger partial charge on any atom is -0.369 e. The molecule has 1 heterocycles. The van der Waals surface area contributed by atoms with Crippen LogP contribution in [0.3, 0.4) is 0 Å². The van der Waals surface area contributed by atoms with Crippen molar-refractivity contribution in [3.63, 3.8) is 0 Å². The van der Waals surface area contributed by atoms with Crippen LogP contribution in [0, 0.1) is 0 Å². The molecule has 0 aliphatic rings. The fourth-order valence-electron chi connectivity index (χ4n) is 1.50. The van der Waals surface area contributed by atoms with E-state index in [1.807, 2.05) is 12.1 Å². The van der Waals surface area contributed by atoms with Crippen LogP contribution in [0.15, 0.2) is 18.3 Å². The lowest BCUT2D eigenvalue weighted by Crippen LogP contribution is -2.32. The van der Waals surface area contributed by atoms with Crippen LogP contribution in [0.1, 0.15) is 26.3 Å². The summed E-state index contributed by atoms with van der Waals surface area (Å²) in [4.78, 5) is 4.14. The molecule has 0 radical (unpaired) electrons. The number of hydrogen-bond donors (Lipinski definition) is 2. The van der Waals surface area contributed by atoms with Crippen molar-refractivity contribution < 1.29 is 13.2 Å². The second kappa shape index (κ2) is 6.23. The van der Waals surface area contributed by atoms with Gasteiger partial charge in [-0.1, -0.05) is 20.8 Å². The molecule has 108 valence electrons. The van der Waals surface area contributed by atoms with Crippen molar-refractivity contribution in [1.29, 1.82) is 0 Å². The third-order valence-electron chi connectivity index (χ3n) is 2.56. The number of rotatable bonds is 5. The maximum atomic E-state index is 11.9. The van der Waals surface area contributed by atoms with Crippen LogP contribution in [0.25, 0.3) is 0 Å². The van der Waals surface area contributed by atoms with Gasteiger partial charge in [-0.2, -0.15) is 13.2 Å². The van der Waals surface area contributed by atoms with E-state index in [1.165, 1.54) is 0 Å². The molecule has 0 atom stereocenters. The maximum Gasteiger partial charge on any atom is 0.401 e. The molecule has 2 N–H and O–H groups in total. The highest BCUT2D eigenvalue weighted by Crippen LogP contribution is 2.23. The van der Waals surface area contributed by atoms with Gasteiger partial charge >= 0.3 is 6.18 Å². The van der Waals surface area contributed by atoms with E-state index in [4.69, 9.17) is 0 Å². The normalized spacial score (nSPS) is 12.5. The molecule has 0 aliphatic carbocycles. The lowest BCUT2D eigenvalue weighted by atomic mass is 9.88. The third-order valence-corrected chi connectivity index (χ3v) is 2.56. The molecule has 0 aliphatic heterocycles. The number of nitrogens with one attached hydrogen (secondary N) is 2. The van der Waals surface area contributed by atoms with Crippen LogP contribution >= 0.6 is 0 Å². The summed E-state index contributed by atoms with van der Waals surface area (Å²) >= 11 is 0. The van der Waals surface area contributed by atoms with Gasteiger partial charge in [0.2, 0.25) is 0 Å². The molecule has 0 saturated heterocycles. The summed E-state index contributed by atoms with van der Waals surface area (Å²) in [7, 11) is 0. The standard InChI is InChI=1S/C13H20F3N3/c1-12(2,3)10-4-5-18-11(8-10)19-7-6-17-9-13(14,15)16/h4-5,8,17H,6-7,9H2,1-3H3,(H,18,19). The minimum atomic E-state index is -4.16. The van der Waals surface area contributed by atoms with E-state index in [0.717, 1.165) is 5.56 Å². The maximum absolute atomic E-state index is 11.9. The first-order chi connectivity index (χ1) is 8.68. The van der Waals surface area contributed by atoms with Gasteiger partial charge in [0, 0.05) is 19.3 Å². The highest BCUT2D eigenvalue weighted by atomic mass is 19.4. The molecule has 0 bridgehead atoms. The van der Waals surface area contributed by atoms with Crippen molar-refractivity contribution in [3.8, 4) is 0 Å². The predicted molar refractivity (Wildman–Crippen MR) is 70.4 cm³/mol. The molecule has 0 spiro atoms. The monoisotopic (exact) mass is 275 g/mol. The van der Waals surface area contributed by atoms with Crippen LogP contribution in [-0.2, 0) is 5.41 Å². The van der Waals surface area contributed by atoms with E-state index in [-0.39, 0.29) is 12.0 Å². The van der Waals surface area contributed by atoms with Crippen LogP contribution in [0.5, 0.6) is 0 Å². The van der Waals surface area contributed by atoms with Gasteiger partial charge in [0.05, 0.1) is 6.54 Å². The van der Waals surface area contributed by atoms with E-state index in [0.29, 0.717) is 12.4 Å². The second-order valence-corrected chi connectivity index (χ2v) is 5.40. The van der Waals surface area contributed by atoms with Crippen molar-refractivity contribution in [2.75, 3.05) is 25.0 Å². The summed E-state index contributed by atoms with van der Waals surface area (Å²) in [5.41, 5.74) is 1.15. The number of anilines is 1. The first-order valence-electron chi connectivity index (χ1n) is 6.16. The summed E-state index contributed by atoms with van der Waals surface area (Å²) in [5, 5.41) is 5.33. The molecule has 3 nitrogen and oxygen atoms in total. The SMILES string of the molecule is CC(C)(C)c1ccnc(NCCNCC(F)(F)F)c1. The van der Waals surface area contributed by atoms with Crippen LogP contribution in [-0.4, -0.2) is 30.8 Å². The molecule has 1 aromatic rings. The van der Waals surface area contributed by atoms with Crippen LogP contribution in [0.4, 0.5) is 19.0 Å². The van der Waals surface area contributed by atoms with Gasteiger partial charge in [0.15, 0.2) is 0 Å². The summed E-state index contributed by atoms with van der Waals surface area (Å²) in [6.45, 7) is 5.95. The van der Waals surface area contributed by atoms with Crippen molar-refractivity contribution in [1.82, 2.24) is 10.3 Å². The lowest BCUT2D eigenvalue weighted by molar-refractivity contribution is -0.124. The minimum absolute atomic E-state index is 0.0217. The van der Waals surface area contributed by atoms with E-state index in [9.17, 15) is 13.2 Å². The Kier molecular flexibility index (Phi) is 5.17. The van der Waals surface area contributed by atoms with Crippen molar-refractivity contribution in [2.24, 2.45) is 0 Å². The molecule has 0 aromatic carbocycles. The average molecular weight is 275 g/mol. The lowest BCUT2D eigenvalue weighted by Gasteiger charge is -2.19. The fourth-order valence-corrected chi connectivity index (χ4v) is 1.50.